The van der Waals surface area contributed by atoms with Gasteiger partial charge in [-0.15, -0.1) is 11.3 Å². The van der Waals surface area contributed by atoms with Crippen LogP contribution in [0.5, 0.6) is 5.75 Å². The van der Waals surface area contributed by atoms with E-state index < -0.39 is 28.1 Å². The second-order valence-electron chi connectivity index (χ2n) is 6.72. The summed E-state index contributed by atoms with van der Waals surface area (Å²) in [6, 6.07) is 6.99. The number of rotatable bonds is 6. The van der Waals surface area contributed by atoms with Gasteiger partial charge in [-0.1, -0.05) is 19.9 Å². The molecule has 0 radical (unpaired) electrons. The number of fused-ring (bicyclic) bond motifs is 1. The molecule has 0 saturated heterocycles. The summed E-state index contributed by atoms with van der Waals surface area (Å²) >= 11 is 1.08. The highest BCUT2D eigenvalue weighted by molar-refractivity contribution is 7.91. The highest BCUT2D eigenvalue weighted by Crippen LogP contribution is 2.32. The van der Waals surface area contributed by atoms with E-state index >= 15 is 0 Å². The molecule has 2 amide bonds. The number of ether oxygens (including phenoxy) is 1. The first-order chi connectivity index (χ1) is 13.2. The molecule has 10 heteroatoms. The van der Waals surface area contributed by atoms with Crippen molar-refractivity contribution in [2.75, 3.05) is 10.6 Å². The van der Waals surface area contributed by atoms with Crippen LogP contribution < -0.4 is 20.1 Å². The number of anilines is 2. The van der Waals surface area contributed by atoms with Crippen molar-refractivity contribution in [2.45, 2.75) is 37.1 Å². The molecule has 2 atom stereocenters. The Balaban J connectivity index is 1.76. The summed E-state index contributed by atoms with van der Waals surface area (Å²) in [5.74, 6) is -0.550. The van der Waals surface area contributed by atoms with Crippen molar-refractivity contribution in [3.63, 3.8) is 0 Å². The third kappa shape index (κ3) is 4.34. The van der Waals surface area contributed by atoms with Crippen LogP contribution in [-0.2, 0) is 19.6 Å². The molecule has 2 aromatic rings. The van der Waals surface area contributed by atoms with E-state index in [9.17, 15) is 18.0 Å². The number of hydrogen-bond donors (Lipinski definition) is 3. The van der Waals surface area contributed by atoms with Crippen LogP contribution in [0, 0.1) is 5.92 Å². The summed E-state index contributed by atoms with van der Waals surface area (Å²) in [5.41, 5.74) is 0.865. The number of amides is 2. The molecule has 28 heavy (non-hydrogen) atoms. The summed E-state index contributed by atoms with van der Waals surface area (Å²) < 4.78 is 33.1. The number of thiophene rings is 1. The number of hydrogen-bond acceptors (Lipinski definition) is 6. The largest absolute Gasteiger partial charge is 0.479 e. The minimum Gasteiger partial charge on any atom is -0.479 e. The smallest absolute Gasteiger partial charge is 0.265 e. The Morgan fingerprint density at radius 1 is 1.29 bits per heavy atom. The minimum absolute atomic E-state index is 0.147. The molecule has 0 aliphatic carbocycles. The maximum atomic E-state index is 12.7. The van der Waals surface area contributed by atoms with Gasteiger partial charge in [0, 0.05) is 5.69 Å². The van der Waals surface area contributed by atoms with Crippen molar-refractivity contribution in [1.82, 2.24) is 4.72 Å². The highest BCUT2D eigenvalue weighted by Gasteiger charge is 2.29. The average Bonchev–Trinajstić information content (AvgIpc) is 3.16. The van der Waals surface area contributed by atoms with Crippen LogP contribution in [-0.4, -0.2) is 32.4 Å². The van der Waals surface area contributed by atoms with E-state index in [0.29, 0.717) is 17.1 Å². The number of nitrogens with one attached hydrogen (secondary N) is 3. The molecule has 0 saturated carbocycles. The van der Waals surface area contributed by atoms with Gasteiger partial charge in [0.2, 0.25) is 5.91 Å². The first-order valence-corrected chi connectivity index (χ1v) is 11.0. The van der Waals surface area contributed by atoms with Crippen molar-refractivity contribution in [3.8, 4) is 5.75 Å². The van der Waals surface area contributed by atoms with Crippen LogP contribution in [0.3, 0.4) is 0 Å². The molecular formula is C18H21N3O5S2. The van der Waals surface area contributed by atoms with Gasteiger partial charge in [0.05, 0.1) is 5.69 Å². The molecule has 1 aliphatic heterocycles. The van der Waals surface area contributed by atoms with E-state index in [1.54, 1.807) is 50.4 Å². The normalized spacial score (nSPS) is 17.4. The lowest BCUT2D eigenvalue weighted by Crippen LogP contribution is -2.46. The summed E-state index contributed by atoms with van der Waals surface area (Å²) in [5, 5.41) is 7.06. The van der Waals surface area contributed by atoms with Gasteiger partial charge < -0.3 is 15.4 Å². The van der Waals surface area contributed by atoms with E-state index in [0.717, 1.165) is 11.3 Å². The lowest BCUT2D eigenvalue weighted by atomic mass is 10.0. The standard InChI is InChI=1S/C18H21N3O5S2/c1-10(2)16(21-28(24,25)15-5-4-8-27-15)18(23)19-12-6-7-14-13(9-12)20-17(22)11(3)26-14/h4-11,16,21H,1-3H3,(H,19,23)(H,20,22). The van der Waals surface area contributed by atoms with Crippen molar-refractivity contribution in [3.05, 3.63) is 35.7 Å². The molecule has 1 aromatic heterocycles. The quantitative estimate of drug-likeness (QED) is 0.660. The number of benzene rings is 1. The zero-order valence-electron chi connectivity index (χ0n) is 15.6. The van der Waals surface area contributed by atoms with Gasteiger partial charge >= 0.3 is 0 Å². The second-order valence-corrected chi connectivity index (χ2v) is 9.61. The van der Waals surface area contributed by atoms with E-state index in [4.69, 9.17) is 4.74 Å². The maximum absolute atomic E-state index is 12.7. The van der Waals surface area contributed by atoms with Crippen LogP contribution in [0.2, 0.25) is 0 Å². The first kappa shape index (κ1) is 20.3. The van der Waals surface area contributed by atoms with Crippen LogP contribution >= 0.6 is 11.3 Å². The Morgan fingerprint density at radius 3 is 2.68 bits per heavy atom. The van der Waals surface area contributed by atoms with Crippen molar-refractivity contribution in [1.29, 1.82) is 0 Å². The Morgan fingerprint density at radius 2 is 2.04 bits per heavy atom. The molecule has 8 nitrogen and oxygen atoms in total. The molecule has 1 aromatic carbocycles. The molecule has 2 heterocycles. The van der Waals surface area contributed by atoms with Gasteiger partial charge in [-0.2, -0.15) is 4.72 Å². The molecule has 0 bridgehead atoms. The molecular weight excluding hydrogens is 402 g/mol. The fourth-order valence-corrected chi connectivity index (χ4v) is 4.99. The Bertz CT molecular complexity index is 987. The Labute approximate surface area is 167 Å². The van der Waals surface area contributed by atoms with Gasteiger partial charge in [-0.3, -0.25) is 9.59 Å². The van der Waals surface area contributed by atoms with Gasteiger partial charge in [-0.25, -0.2) is 8.42 Å². The summed E-state index contributed by atoms with van der Waals surface area (Å²) in [6.07, 6.45) is -0.593. The average molecular weight is 424 g/mol. The van der Waals surface area contributed by atoms with Crippen LogP contribution in [0.25, 0.3) is 0 Å². The third-order valence-corrected chi connectivity index (χ3v) is 7.01. The topological polar surface area (TPSA) is 114 Å². The predicted molar refractivity (Wildman–Crippen MR) is 107 cm³/mol. The molecule has 2 unspecified atom stereocenters. The van der Waals surface area contributed by atoms with E-state index in [1.807, 2.05) is 0 Å². The summed E-state index contributed by atoms with van der Waals surface area (Å²) in [4.78, 5) is 24.5. The molecule has 0 spiro atoms. The molecule has 3 N–H and O–H groups in total. The number of carbonyl (C=O) groups excluding carboxylic acids is 2. The lowest BCUT2D eigenvalue weighted by Gasteiger charge is -2.24. The van der Waals surface area contributed by atoms with Crippen molar-refractivity contribution in [2.24, 2.45) is 5.92 Å². The van der Waals surface area contributed by atoms with E-state index in [-0.39, 0.29) is 16.0 Å². The van der Waals surface area contributed by atoms with Crippen molar-refractivity contribution >= 4 is 44.5 Å². The third-order valence-electron chi connectivity index (χ3n) is 4.17. The fraction of sp³-hybridized carbons (Fsp3) is 0.333. The Kier molecular flexibility index (Phi) is 5.73. The zero-order chi connectivity index (χ0) is 20.5. The first-order valence-electron chi connectivity index (χ1n) is 8.65. The monoisotopic (exact) mass is 423 g/mol. The maximum Gasteiger partial charge on any atom is 0.265 e. The lowest BCUT2D eigenvalue weighted by molar-refractivity contribution is -0.122. The molecule has 1 aliphatic rings. The van der Waals surface area contributed by atoms with Crippen molar-refractivity contribution < 1.29 is 22.7 Å². The summed E-state index contributed by atoms with van der Waals surface area (Å²) in [7, 11) is -3.80. The zero-order valence-corrected chi connectivity index (χ0v) is 17.2. The van der Waals surface area contributed by atoms with Gasteiger partial charge in [0.25, 0.3) is 15.9 Å². The molecule has 3 rings (SSSR count). The Hall–Kier alpha value is -2.43. The minimum atomic E-state index is -3.80. The molecule has 0 fully saturated rings. The van der Waals surface area contributed by atoms with Gasteiger partial charge in [0.15, 0.2) is 6.10 Å². The number of carbonyl (C=O) groups is 2. The summed E-state index contributed by atoms with van der Waals surface area (Å²) in [6.45, 7) is 5.15. The van der Waals surface area contributed by atoms with E-state index in [1.165, 1.54) is 6.07 Å². The van der Waals surface area contributed by atoms with Crippen LogP contribution in [0.4, 0.5) is 11.4 Å². The molecule has 150 valence electrons. The van der Waals surface area contributed by atoms with Gasteiger partial charge in [-0.05, 0) is 42.5 Å². The number of sulfonamides is 1. The van der Waals surface area contributed by atoms with E-state index in [2.05, 4.69) is 15.4 Å². The van der Waals surface area contributed by atoms with Crippen LogP contribution in [0.15, 0.2) is 39.9 Å². The van der Waals surface area contributed by atoms with Crippen LogP contribution in [0.1, 0.15) is 20.8 Å². The SMILES string of the molecule is CC1Oc2ccc(NC(=O)C(NS(=O)(=O)c3cccs3)C(C)C)cc2NC1=O. The predicted octanol–water partition coefficient (Wildman–Crippen LogP) is 2.41. The van der Waals surface area contributed by atoms with Gasteiger partial charge in [0.1, 0.15) is 16.0 Å². The second kappa shape index (κ2) is 7.90. The fourth-order valence-electron chi connectivity index (χ4n) is 2.64. The highest BCUT2D eigenvalue weighted by atomic mass is 32.2.